The van der Waals surface area contributed by atoms with E-state index in [-0.39, 0.29) is 17.4 Å². The Bertz CT molecular complexity index is 788. The van der Waals surface area contributed by atoms with Gasteiger partial charge in [-0.05, 0) is 18.9 Å². The molecule has 0 atom stereocenters. The summed E-state index contributed by atoms with van der Waals surface area (Å²) in [6, 6.07) is 1.85. The van der Waals surface area contributed by atoms with Gasteiger partial charge in [-0.3, -0.25) is 9.48 Å². The molecule has 2 aromatic rings. The van der Waals surface area contributed by atoms with Gasteiger partial charge in [0.1, 0.15) is 6.26 Å². The van der Waals surface area contributed by atoms with Crippen LogP contribution in [0.4, 0.5) is 13.2 Å². The molecule has 2 aromatic heterocycles. The monoisotopic (exact) mass is 357 g/mol. The van der Waals surface area contributed by atoms with Crippen molar-refractivity contribution in [3.05, 3.63) is 41.6 Å². The molecule has 1 N–H and O–H groups in total. The third-order valence-corrected chi connectivity index (χ3v) is 4.08. The predicted molar refractivity (Wildman–Crippen MR) is 77.1 cm³/mol. The number of piperidine rings is 1. The molecule has 0 bridgehead atoms. The maximum atomic E-state index is 12.6. The Balaban J connectivity index is 1.62. The second-order valence-electron chi connectivity index (χ2n) is 5.71. The van der Waals surface area contributed by atoms with Crippen LogP contribution in [0.25, 0.3) is 0 Å². The molecule has 7 nitrogen and oxygen atoms in total. The number of carbonyl (C=O) groups is 2. The summed E-state index contributed by atoms with van der Waals surface area (Å²) in [5, 5.41) is 12.4. The van der Waals surface area contributed by atoms with Gasteiger partial charge >= 0.3 is 12.1 Å². The van der Waals surface area contributed by atoms with Crippen molar-refractivity contribution in [2.24, 2.45) is 0 Å². The van der Waals surface area contributed by atoms with Gasteiger partial charge in [-0.25, -0.2) is 4.79 Å². The smallest absolute Gasteiger partial charge is 0.435 e. The van der Waals surface area contributed by atoms with Crippen LogP contribution in [0.3, 0.4) is 0 Å². The molecule has 0 radical (unpaired) electrons. The van der Waals surface area contributed by atoms with Crippen LogP contribution in [0, 0.1) is 0 Å². The molecule has 3 rings (SSSR count). The molecular weight excluding hydrogens is 343 g/mol. The molecule has 1 aliphatic rings. The quantitative estimate of drug-likeness (QED) is 0.912. The molecule has 0 saturated carbocycles. The number of furan rings is 1. The molecule has 25 heavy (non-hydrogen) atoms. The summed E-state index contributed by atoms with van der Waals surface area (Å²) in [7, 11) is 0. The summed E-state index contributed by atoms with van der Waals surface area (Å²) in [5.41, 5.74) is -1.06. The Morgan fingerprint density at radius 3 is 2.48 bits per heavy atom. The first kappa shape index (κ1) is 17.1. The minimum absolute atomic E-state index is 0.0747. The maximum absolute atomic E-state index is 12.6. The van der Waals surface area contributed by atoms with Gasteiger partial charge in [0.05, 0.1) is 11.6 Å². The number of hydrogen-bond donors (Lipinski definition) is 1. The Morgan fingerprint density at radius 2 is 1.96 bits per heavy atom. The number of alkyl halides is 3. The first-order valence-corrected chi connectivity index (χ1v) is 7.49. The van der Waals surface area contributed by atoms with Gasteiger partial charge in [0.15, 0.2) is 11.5 Å². The number of carbonyl (C=O) groups excluding carboxylic acids is 1. The zero-order valence-corrected chi connectivity index (χ0v) is 12.9. The van der Waals surface area contributed by atoms with Gasteiger partial charge in [0, 0.05) is 25.4 Å². The lowest BCUT2D eigenvalue weighted by molar-refractivity contribution is -0.141. The van der Waals surface area contributed by atoms with Crippen molar-refractivity contribution in [1.29, 1.82) is 0 Å². The Labute approximate surface area is 139 Å². The molecule has 10 heteroatoms. The number of amides is 1. The van der Waals surface area contributed by atoms with E-state index in [1.54, 1.807) is 0 Å². The third-order valence-electron chi connectivity index (χ3n) is 4.08. The molecule has 1 saturated heterocycles. The van der Waals surface area contributed by atoms with Gasteiger partial charge in [-0.1, -0.05) is 0 Å². The van der Waals surface area contributed by atoms with Crippen molar-refractivity contribution in [3.8, 4) is 0 Å². The number of halogens is 3. The van der Waals surface area contributed by atoms with Crippen LogP contribution in [0.1, 0.15) is 45.5 Å². The Kier molecular flexibility index (Phi) is 4.27. The fraction of sp³-hybridized carbons (Fsp3) is 0.400. The van der Waals surface area contributed by atoms with Crippen molar-refractivity contribution in [2.75, 3.05) is 13.1 Å². The number of rotatable bonds is 3. The van der Waals surface area contributed by atoms with Crippen LogP contribution in [0.15, 0.2) is 29.0 Å². The molecule has 1 aliphatic heterocycles. The van der Waals surface area contributed by atoms with E-state index in [0.29, 0.717) is 25.9 Å². The lowest BCUT2D eigenvalue weighted by Crippen LogP contribution is -2.39. The highest BCUT2D eigenvalue weighted by molar-refractivity contribution is 5.95. The lowest BCUT2D eigenvalue weighted by atomic mass is 10.1. The first-order valence-electron chi connectivity index (χ1n) is 7.49. The van der Waals surface area contributed by atoms with Gasteiger partial charge in [-0.2, -0.15) is 18.3 Å². The van der Waals surface area contributed by atoms with Crippen LogP contribution < -0.4 is 0 Å². The van der Waals surface area contributed by atoms with Gasteiger partial charge < -0.3 is 14.4 Å². The minimum atomic E-state index is -4.48. The maximum Gasteiger partial charge on any atom is 0.435 e. The second-order valence-corrected chi connectivity index (χ2v) is 5.71. The van der Waals surface area contributed by atoms with Crippen LogP contribution in [-0.4, -0.2) is 44.8 Å². The summed E-state index contributed by atoms with van der Waals surface area (Å²) in [4.78, 5) is 24.6. The average Bonchev–Trinajstić information content (AvgIpc) is 3.23. The Hall–Kier alpha value is -2.78. The molecule has 0 unspecified atom stereocenters. The lowest BCUT2D eigenvalue weighted by Gasteiger charge is -2.31. The first-order chi connectivity index (χ1) is 11.8. The van der Waals surface area contributed by atoms with E-state index >= 15 is 0 Å². The van der Waals surface area contributed by atoms with Crippen LogP contribution in [0.5, 0.6) is 0 Å². The average molecular weight is 357 g/mol. The van der Waals surface area contributed by atoms with E-state index in [1.807, 2.05) is 0 Å². The summed E-state index contributed by atoms with van der Waals surface area (Å²) >= 11 is 0. The van der Waals surface area contributed by atoms with E-state index in [1.165, 1.54) is 15.8 Å². The molecule has 1 amide bonds. The van der Waals surface area contributed by atoms with Crippen molar-refractivity contribution in [3.63, 3.8) is 0 Å². The van der Waals surface area contributed by atoms with E-state index < -0.39 is 23.7 Å². The zero-order chi connectivity index (χ0) is 18.2. The normalized spacial score (nSPS) is 16.2. The highest BCUT2D eigenvalue weighted by Crippen LogP contribution is 2.30. The molecule has 3 heterocycles. The van der Waals surface area contributed by atoms with Crippen LogP contribution in [0.2, 0.25) is 0 Å². The van der Waals surface area contributed by atoms with Crippen molar-refractivity contribution in [2.45, 2.75) is 25.1 Å². The van der Waals surface area contributed by atoms with E-state index in [4.69, 9.17) is 9.52 Å². The largest absolute Gasteiger partial charge is 0.478 e. The highest BCUT2D eigenvalue weighted by atomic mass is 19.4. The summed E-state index contributed by atoms with van der Waals surface area (Å²) in [6.45, 7) is 0.627. The van der Waals surface area contributed by atoms with E-state index in [0.717, 1.165) is 18.4 Å². The summed E-state index contributed by atoms with van der Waals surface area (Å²) in [6.07, 6.45) is -1.32. The second kappa shape index (κ2) is 6.26. The molecule has 0 aromatic carbocycles. The van der Waals surface area contributed by atoms with Crippen molar-refractivity contribution >= 4 is 11.9 Å². The number of carboxylic acid groups (broad SMARTS) is 1. The number of hydrogen-bond acceptors (Lipinski definition) is 4. The molecule has 134 valence electrons. The molecular formula is C15H14F3N3O4. The van der Waals surface area contributed by atoms with Gasteiger partial charge in [0.2, 0.25) is 0 Å². The van der Waals surface area contributed by atoms with Gasteiger partial charge in [-0.15, -0.1) is 0 Å². The number of aromatic nitrogens is 2. The summed E-state index contributed by atoms with van der Waals surface area (Å²) in [5.74, 6) is -1.71. The van der Waals surface area contributed by atoms with E-state index in [9.17, 15) is 22.8 Å². The SMILES string of the molecule is O=C(O)c1coc(C(=O)N2CCC(n3ccc(C(F)(F)F)n3)CC2)c1. The Morgan fingerprint density at radius 1 is 1.28 bits per heavy atom. The predicted octanol–water partition coefficient (Wildman–Crippen LogP) is 2.67. The van der Waals surface area contributed by atoms with E-state index in [2.05, 4.69) is 5.10 Å². The fourth-order valence-corrected chi connectivity index (χ4v) is 2.74. The number of aromatic carboxylic acids is 1. The number of likely N-dealkylation sites (tertiary alicyclic amines) is 1. The van der Waals surface area contributed by atoms with Crippen molar-refractivity contribution in [1.82, 2.24) is 14.7 Å². The molecule has 0 aliphatic carbocycles. The minimum Gasteiger partial charge on any atom is -0.478 e. The number of nitrogens with zero attached hydrogens (tertiary/aromatic N) is 3. The molecule has 1 fully saturated rings. The highest BCUT2D eigenvalue weighted by Gasteiger charge is 2.35. The molecule has 0 spiro atoms. The van der Waals surface area contributed by atoms with Crippen LogP contribution >= 0.6 is 0 Å². The standard InChI is InChI=1S/C15H14F3N3O4/c16-15(17,18)12-3-6-21(19-12)10-1-4-20(5-2-10)13(22)11-7-9(8-25-11)14(23)24/h3,6-8,10H,1-2,4-5H2,(H,23,24). The van der Waals surface area contributed by atoms with Gasteiger partial charge in [0.25, 0.3) is 5.91 Å². The fourth-order valence-electron chi connectivity index (χ4n) is 2.74. The third kappa shape index (κ3) is 3.52. The van der Waals surface area contributed by atoms with Crippen LogP contribution in [-0.2, 0) is 6.18 Å². The zero-order valence-electron chi connectivity index (χ0n) is 12.9. The topological polar surface area (TPSA) is 88.6 Å². The van der Waals surface area contributed by atoms with Crippen molar-refractivity contribution < 1.29 is 32.3 Å². The summed E-state index contributed by atoms with van der Waals surface area (Å²) < 4.78 is 44.1. The number of carboxylic acids is 1.